The molecule has 0 spiro atoms. The van der Waals surface area contributed by atoms with Crippen molar-refractivity contribution in [3.8, 4) is 0 Å². The van der Waals surface area contributed by atoms with Gasteiger partial charge in [0.15, 0.2) is 0 Å². The normalized spacial score (nSPS) is 31.5. The first-order valence-corrected chi connectivity index (χ1v) is 10.3. The van der Waals surface area contributed by atoms with Crippen molar-refractivity contribution in [1.29, 1.82) is 0 Å². The molecule has 5 nitrogen and oxygen atoms in total. The SMILES string of the molecule is CCOC(=O)c1c(N2C(=O)[C@@H]3[C@H](C2=O)[C@H]2C=C[C@H]3C2)sc2c1CCCC2. The van der Waals surface area contributed by atoms with Gasteiger partial charge in [0.1, 0.15) is 5.00 Å². The Balaban J connectivity index is 1.60. The van der Waals surface area contributed by atoms with Crippen molar-refractivity contribution in [1.82, 2.24) is 0 Å². The largest absolute Gasteiger partial charge is 0.462 e. The number of nitrogens with zero attached hydrogens (tertiary/aromatic N) is 1. The van der Waals surface area contributed by atoms with E-state index in [-0.39, 0.29) is 42.1 Å². The van der Waals surface area contributed by atoms with Crippen LogP contribution in [0.15, 0.2) is 12.2 Å². The molecule has 6 heteroatoms. The Labute approximate surface area is 156 Å². The highest BCUT2D eigenvalue weighted by Gasteiger charge is 2.60. The summed E-state index contributed by atoms with van der Waals surface area (Å²) in [4.78, 5) is 41.5. The molecule has 0 N–H and O–H groups in total. The molecule has 1 saturated heterocycles. The minimum Gasteiger partial charge on any atom is -0.462 e. The van der Waals surface area contributed by atoms with Crippen LogP contribution in [-0.4, -0.2) is 24.4 Å². The highest BCUT2D eigenvalue weighted by Crippen LogP contribution is 2.54. The third kappa shape index (κ3) is 2.05. The molecule has 0 aromatic carbocycles. The summed E-state index contributed by atoms with van der Waals surface area (Å²) in [6.07, 6.45) is 8.91. The summed E-state index contributed by atoms with van der Waals surface area (Å²) in [6.45, 7) is 2.06. The van der Waals surface area contributed by atoms with E-state index in [1.54, 1.807) is 6.92 Å². The number of anilines is 1. The topological polar surface area (TPSA) is 63.7 Å². The Hall–Kier alpha value is -1.95. The Kier molecular flexibility index (Phi) is 3.61. The quantitative estimate of drug-likeness (QED) is 0.465. The van der Waals surface area contributed by atoms with E-state index < -0.39 is 5.97 Å². The molecule has 1 aliphatic heterocycles. The number of aryl methyl sites for hydroxylation is 1. The van der Waals surface area contributed by atoms with E-state index >= 15 is 0 Å². The summed E-state index contributed by atoms with van der Waals surface area (Å²) in [5.74, 6) is -0.792. The average molecular weight is 371 g/mol. The number of amides is 2. The third-order valence-corrected chi connectivity index (χ3v) is 7.58. The van der Waals surface area contributed by atoms with Gasteiger partial charge in [0.05, 0.1) is 24.0 Å². The molecule has 136 valence electrons. The molecule has 4 aliphatic rings. The van der Waals surface area contributed by atoms with Crippen LogP contribution in [0.3, 0.4) is 0 Å². The number of hydrogen-bond donors (Lipinski definition) is 0. The van der Waals surface area contributed by atoms with Crippen LogP contribution in [0.2, 0.25) is 0 Å². The number of carbonyl (C=O) groups is 3. The highest BCUT2D eigenvalue weighted by molar-refractivity contribution is 7.17. The Morgan fingerprint density at radius 3 is 2.46 bits per heavy atom. The first kappa shape index (κ1) is 16.2. The maximum Gasteiger partial charge on any atom is 0.341 e. The van der Waals surface area contributed by atoms with E-state index in [4.69, 9.17) is 4.74 Å². The van der Waals surface area contributed by atoms with E-state index in [1.165, 1.54) is 16.2 Å². The molecule has 1 aromatic heterocycles. The number of imide groups is 1. The van der Waals surface area contributed by atoms with Crippen molar-refractivity contribution >= 4 is 34.1 Å². The second kappa shape index (κ2) is 5.78. The van der Waals surface area contributed by atoms with Crippen LogP contribution in [0, 0.1) is 23.7 Å². The number of thiophene rings is 1. The van der Waals surface area contributed by atoms with Gasteiger partial charge in [-0.3, -0.25) is 9.59 Å². The van der Waals surface area contributed by atoms with Gasteiger partial charge in [-0.15, -0.1) is 11.3 Å². The van der Waals surface area contributed by atoms with E-state index in [1.807, 2.05) is 0 Å². The van der Waals surface area contributed by atoms with E-state index in [2.05, 4.69) is 12.2 Å². The molecule has 1 saturated carbocycles. The van der Waals surface area contributed by atoms with Gasteiger partial charge in [0, 0.05) is 4.88 Å². The predicted octanol–water partition coefficient (Wildman–Crippen LogP) is 3.12. The van der Waals surface area contributed by atoms with Crippen molar-refractivity contribution in [2.45, 2.75) is 39.0 Å². The minimum absolute atomic E-state index is 0.124. The van der Waals surface area contributed by atoms with Crippen molar-refractivity contribution < 1.29 is 19.1 Å². The lowest BCUT2D eigenvalue weighted by atomic mass is 9.85. The molecule has 1 aromatic rings. The zero-order valence-corrected chi connectivity index (χ0v) is 15.5. The molecule has 2 heterocycles. The van der Waals surface area contributed by atoms with Crippen molar-refractivity contribution in [2.75, 3.05) is 11.5 Å². The zero-order valence-electron chi connectivity index (χ0n) is 14.7. The van der Waals surface area contributed by atoms with Gasteiger partial charge in [-0.25, -0.2) is 9.69 Å². The van der Waals surface area contributed by atoms with Crippen LogP contribution in [0.5, 0.6) is 0 Å². The summed E-state index contributed by atoms with van der Waals surface area (Å²) < 4.78 is 5.28. The minimum atomic E-state index is -0.402. The van der Waals surface area contributed by atoms with Gasteiger partial charge >= 0.3 is 5.97 Å². The fourth-order valence-electron chi connectivity index (χ4n) is 5.23. The van der Waals surface area contributed by atoms with Gasteiger partial charge in [-0.2, -0.15) is 0 Å². The number of rotatable bonds is 3. The summed E-state index contributed by atoms with van der Waals surface area (Å²) in [5.41, 5.74) is 1.46. The number of fused-ring (bicyclic) bond motifs is 6. The number of hydrogen-bond acceptors (Lipinski definition) is 5. The molecular formula is C20H21NO4S. The lowest BCUT2D eigenvalue weighted by molar-refractivity contribution is -0.123. The number of ether oxygens (including phenoxy) is 1. The molecule has 2 fully saturated rings. The van der Waals surface area contributed by atoms with E-state index in [0.717, 1.165) is 42.5 Å². The fraction of sp³-hybridized carbons (Fsp3) is 0.550. The first-order valence-electron chi connectivity index (χ1n) is 9.49. The first-order chi connectivity index (χ1) is 12.6. The number of esters is 1. The molecule has 5 rings (SSSR count). The van der Waals surface area contributed by atoms with Crippen LogP contribution >= 0.6 is 11.3 Å². The zero-order chi connectivity index (χ0) is 18.0. The second-order valence-corrected chi connectivity index (χ2v) is 8.71. The maximum atomic E-state index is 13.2. The number of carbonyl (C=O) groups excluding carboxylic acids is 3. The lowest BCUT2D eigenvalue weighted by Crippen LogP contribution is -2.33. The Bertz CT molecular complexity index is 824. The monoisotopic (exact) mass is 371 g/mol. The molecule has 0 radical (unpaired) electrons. The summed E-state index contributed by atoms with van der Waals surface area (Å²) in [6, 6.07) is 0. The van der Waals surface area contributed by atoms with Crippen LogP contribution < -0.4 is 4.90 Å². The second-order valence-electron chi connectivity index (χ2n) is 7.62. The van der Waals surface area contributed by atoms with E-state index in [9.17, 15) is 14.4 Å². The van der Waals surface area contributed by atoms with Crippen LogP contribution in [-0.2, 0) is 27.2 Å². The van der Waals surface area contributed by atoms with Crippen molar-refractivity contribution in [3.63, 3.8) is 0 Å². The average Bonchev–Trinajstić information content (AvgIpc) is 3.37. The fourth-order valence-corrected chi connectivity index (χ4v) is 6.61. The highest BCUT2D eigenvalue weighted by atomic mass is 32.1. The molecule has 3 aliphatic carbocycles. The standard InChI is InChI=1S/C20H21NO4S/c1-2-25-20(24)16-12-5-3-4-6-13(12)26-19(16)21-17(22)14-10-7-8-11(9-10)15(14)18(21)23/h7-8,10-11,14-15H,2-6,9H2,1H3/t10-,11-,14-,15+/m0/s1. The molecule has 26 heavy (non-hydrogen) atoms. The maximum absolute atomic E-state index is 13.2. The lowest BCUT2D eigenvalue weighted by Gasteiger charge is -2.17. The predicted molar refractivity (Wildman–Crippen MR) is 97.1 cm³/mol. The van der Waals surface area contributed by atoms with E-state index in [0.29, 0.717) is 10.6 Å². The summed E-state index contributed by atoms with van der Waals surface area (Å²) in [5, 5.41) is 0.513. The van der Waals surface area contributed by atoms with Gasteiger partial charge in [-0.1, -0.05) is 12.2 Å². The molecule has 2 amide bonds. The van der Waals surface area contributed by atoms with Gasteiger partial charge in [-0.05, 0) is 56.4 Å². The van der Waals surface area contributed by atoms with Gasteiger partial charge in [0.2, 0.25) is 11.8 Å². The third-order valence-electron chi connectivity index (χ3n) is 6.31. The molecule has 4 atom stereocenters. The van der Waals surface area contributed by atoms with Crippen LogP contribution in [0.4, 0.5) is 5.00 Å². The van der Waals surface area contributed by atoms with Crippen molar-refractivity contribution in [3.05, 3.63) is 28.2 Å². The van der Waals surface area contributed by atoms with Gasteiger partial charge < -0.3 is 4.74 Å². The molecule has 2 bridgehead atoms. The Morgan fingerprint density at radius 1 is 1.15 bits per heavy atom. The number of allylic oxidation sites excluding steroid dienone is 2. The van der Waals surface area contributed by atoms with Crippen LogP contribution in [0.25, 0.3) is 0 Å². The summed E-state index contributed by atoms with van der Waals surface area (Å²) in [7, 11) is 0. The molecular weight excluding hydrogens is 350 g/mol. The van der Waals surface area contributed by atoms with Gasteiger partial charge in [0.25, 0.3) is 0 Å². The van der Waals surface area contributed by atoms with Crippen LogP contribution in [0.1, 0.15) is 47.0 Å². The molecule has 0 unspecified atom stereocenters. The van der Waals surface area contributed by atoms with Crippen molar-refractivity contribution in [2.24, 2.45) is 23.7 Å². The summed E-state index contributed by atoms with van der Waals surface area (Å²) >= 11 is 1.45. The Morgan fingerprint density at radius 2 is 1.81 bits per heavy atom. The smallest absolute Gasteiger partial charge is 0.341 e.